The normalized spacial score (nSPS) is 18.6. The van der Waals surface area contributed by atoms with Gasteiger partial charge in [0.15, 0.2) is 0 Å². The summed E-state index contributed by atoms with van der Waals surface area (Å²) in [7, 11) is -0.404. The van der Waals surface area contributed by atoms with E-state index in [9.17, 15) is 9.59 Å². The molecule has 6 heteroatoms. The number of carbonyl (C=O) groups is 2. The van der Waals surface area contributed by atoms with Crippen LogP contribution in [0.5, 0.6) is 0 Å². The molecule has 1 heterocycles. The third-order valence-electron chi connectivity index (χ3n) is 1.49. The molecule has 0 aromatic heterocycles. The van der Waals surface area contributed by atoms with E-state index in [-0.39, 0.29) is 19.1 Å². The Morgan fingerprint density at radius 1 is 1.91 bits per heavy atom. The van der Waals surface area contributed by atoms with Crippen LogP contribution in [0.3, 0.4) is 0 Å². The van der Waals surface area contributed by atoms with E-state index >= 15 is 0 Å². The third-order valence-corrected chi connectivity index (χ3v) is 1.49. The molecule has 60 valence electrons. The fourth-order valence-electron chi connectivity index (χ4n) is 0.955. The molecule has 0 radical (unpaired) electrons. The molecule has 1 fully saturated rings. The lowest BCUT2D eigenvalue weighted by Crippen LogP contribution is -2.36. The number of nitrogens with zero attached hydrogens (tertiary/aromatic N) is 1. The van der Waals surface area contributed by atoms with Crippen LogP contribution < -0.4 is 0 Å². The first-order chi connectivity index (χ1) is 5.09. The van der Waals surface area contributed by atoms with E-state index < -0.39 is 13.0 Å². The van der Waals surface area contributed by atoms with E-state index in [1.807, 2.05) is 0 Å². The van der Waals surface area contributed by atoms with Gasteiger partial charge in [-0.1, -0.05) is 0 Å². The van der Waals surface area contributed by atoms with Gasteiger partial charge in [0.1, 0.15) is 0 Å². The summed E-state index contributed by atoms with van der Waals surface area (Å²) in [5, 5.41) is 8.37. The highest BCUT2D eigenvalue weighted by Crippen LogP contribution is 2.05. The maximum atomic E-state index is 10.6. The molecule has 1 N–H and O–H groups in total. The first-order valence-corrected chi connectivity index (χ1v) is 3.25. The number of carboxylic acids is 1. The maximum Gasteiger partial charge on any atom is 0.449 e. The van der Waals surface area contributed by atoms with Gasteiger partial charge >= 0.3 is 19.0 Å². The summed E-state index contributed by atoms with van der Waals surface area (Å²) in [6.45, 7) is 1.58. The highest BCUT2D eigenvalue weighted by molar-refractivity contribution is 6.51. The molecule has 0 aromatic rings. The summed E-state index contributed by atoms with van der Waals surface area (Å²) >= 11 is 0. The summed E-state index contributed by atoms with van der Waals surface area (Å²) in [5.74, 6) is -1.31. The molecule has 0 aromatic carbocycles. The molecule has 11 heavy (non-hydrogen) atoms. The molecule has 1 aliphatic rings. The van der Waals surface area contributed by atoms with Gasteiger partial charge in [-0.3, -0.25) is 14.4 Å². The first kappa shape index (κ1) is 8.07. The van der Waals surface area contributed by atoms with Crippen LogP contribution in [-0.2, 0) is 14.2 Å². The van der Waals surface area contributed by atoms with Crippen molar-refractivity contribution < 1.29 is 19.3 Å². The monoisotopic (exact) mass is 157 g/mol. The minimum Gasteiger partial charge on any atom is -0.519 e. The second-order valence-corrected chi connectivity index (χ2v) is 2.39. The zero-order valence-electron chi connectivity index (χ0n) is 6.11. The van der Waals surface area contributed by atoms with Gasteiger partial charge in [-0.25, -0.2) is 0 Å². The predicted molar refractivity (Wildman–Crippen MR) is 36.9 cm³/mol. The first-order valence-electron chi connectivity index (χ1n) is 3.25. The third kappa shape index (κ3) is 1.94. The molecular weight excluding hydrogens is 149 g/mol. The lowest BCUT2D eigenvalue weighted by molar-refractivity contribution is -0.137. The maximum absolute atomic E-state index is 10.6. The number of hydrogen-bond donors (Lipinski definition) is 1. The van der Waals surface area contributed by atoms with Crippen LogP contribution in [0.2, 0.25) is 6.82 Å². The average molecular weight is 157 g/mol. The Labute approximate surface area is 64.1 Å². The molecule has 0 unspecified atom stereocenters. The minimum atomic E-state index is -0.949. The van der Waals surface area contributed by atoms with Crippen molar-refractivity contribution in [1.82, 2.24) is 4.81 Å². The van der Waals surface area contributed by atoms with Crippen LogP contribution in [0.15, 0.2) is 0 Å². The smallest absolute Gasteiger partial charge is 0.449 e. The number of rotatable bonds is 2. The molecule has 0 spiro atoms. The SMILES string of the molecule is CB1OC(=O)CN1CC(=O)O. The van der Waals surface area contributed by atoms with Gasteiger partial charge in [-0.05, 0) is 6.82 Å². The second kappa shape index (κ2) is 2.92. The Hall–Kier alpha value is -1.04. The van der Waals surface area contributed by atoms with E-state index in [2.05, 4.69) is 0 Å². The van der Waals surface area contributed by atoms with E-state index in [0.717, 1.165) is 0 Å². The molecule has 5 nitrogen and oxygen atoms in total. The van der Waals surface area contributed by atoms with Gasteiger partial charge in [-0.15, -0.1) is 0 Å². The van der Waals surface area contributed by atoms with E-state index in [1.165, 1.54) is 4.81 Å². The van der Waals surface area contributed by atoms with Gasteiger partial charge in [-0.2, -0.15) is 0 Å². The van der Waals surface area contributed by atoms with Crippen molar-refractivity contribution in [3.05, 3.63) is 0 Å². The number of carboxylic acid groups (broad SMARTS) is 1. The minimum absolute atomic E-state index is 0.0769. The van der Waals surface area contributed by atoms with E-state index in [1.54, 1.807) is 6.82 Å². The lowest BCUT2D eigenvalue weighted by atomic mass is 9.86. The molecule has 0 atom stereocenters. The van der Waals surface area contributed by atoms with Crippen molar-refractivity contribution in [3.63, 3.8) is 0 Å². The fourth-order valence-corrected chi connectivity index (χ4v) is 0.955. The number of hydrogen-bond acceptors (Lipinski definition) is 4. The second-order valence-electron chi connectivity index (χ2n) is 2.39. The van der Waals surface area contributed by atoms with Gasteiger partial charge in [0.2, 0.25) is 0 Å². The molecule has 0 saturated carbocycles. The summed E-state index contributed by atoms with van der Waals surface area (Å²) in [6, 6.07) is 0. The average Bonchev–Trinajstić information content (AvgIpc) is 2.09. The Kier molecular flexibility index (Phi) is 2.14. The van der Waals surface area contributed by atoms with Crippen LogP contribution in [-0.4, -0.2) is 42.0 Å². The Balaban J connectivity index is 2.46. The summed E-state index contributed by atoms with van der Waals surface area (Å²) in [6.07, 6.45) is 0. The van der Waals surface area contributed by atoms with Crippen molar-refractivity contribution >= 4 is 19.0 Å². The van der Waals surface area contributed by atoms with Crippen molar-refractivity contribution in [3.8, 4) is 0 Å². The Morgan fingerprint density at radius 2 is 2.55 bits per heavy atom. The molecule has 1 aliphatic heterocycles. The van der Waals surface area contributed by atoms with E-state index in [0.29, 0.717) is 0 Å². The highest BCUT2D eigenvalue weighted by Gasteiger charge is 2.34. The number of aliphatic carboxylic acids is 1. The van der Waals surface area contributed by atoms with Gasteiger partial charge in [0.25, 0.3) is 0 Å². The summed E-state index contributed by atoms with van der Waals surface area (Å²) < 4.78 is 4.70. The van der Waals surface area contributed by atoms with Crippen LogP contribution in [0.4, 0.5) is 0 Å². The quantitative estimate of drug-likeness (QED) is 0.523. The molecule has 0 amide bonds. The highest BCUT2D eigenvalue weighted by atomic mass is 16.5. The van der Waals surface area contributed by atoms with Crippen LogP contribution in [0, 0.1) is 0 Å². The Morgan fingerprint density at radius 3 is 2.91 bits per heavy atom. The van der Waals surface area contributed by atoms with Gasteiger partial charge < -0.3 is 9.76 Å². The van der Waals surface area contributed by atoms with Crippen LogP contribution in [0.1, 0.15) is 0 Å². The fraction of sp³-hybridized carbons (Fsp3) is 0.600. The standard InChI is InChI=1S/C5H8BNO4/c1-6-7(2-4(8)9)3-5(10)11-6/h2-3H2,1H3,(H,8,9). The Bertz CT molecular complexity index is 195. The molecule has 0 aliphatic carbocycles. The molecule has 0 bridgehead atoms. The van der Waals surface area contributed by atoms with Crippen molar-refractivity contribution in [1.29, 1.82) is 0 Å². The van der Waals surface area contributed by atoms with Crippen LogP contribution in [0.25, 0.3) is 0 Å². The van der Waals surface area contributed by atoms with Crippen molar-refractivity contribution in [2.75, 3.05) is 13.1 Å². The predicted octanol–water partition coefficient (Wildman–Crippen LogP) is -0.952. The summed E-state index contributed by atoms with van der Waals surface area (Å²) in [5.41, 5.74) is 0. The number of carbonyl (C=O) groups excluding carboxylic acids is 1. The zero-order chi connectivity index (χ0) is 8.43. The molecule has 1 rings (SSSR count). The molecule has 1 saturated heterocycles. The van der Waals surface area contributed by atoms with Crippen molar-refractivity contribution in [2.24, 2.45) is 0 Å². The van der Waals surface area contributed by atoms with E-state index in [4.69, 9.17) is 9.76 Å². The molecular formula is C5H8BNO4. The van der Waals surface area contributed by atoms with Crippen LogP contribution >= 0.6 is 0 Å². The zero-order valence-corrected chi connectivity index (χ0v) is 6.11. The topological polar surface area (TPSA) is 66.8 Å². The lowest BCUT2D eigenvalue weighted by Gasteiger charge is -2.10. The van der Waals surface area contributed by atoms with Gasteiger partial charge in [0.05, 0.1) is 13.1 Å². The van der Waals surface area contributed by atoms with Crippen molar-refractivity contribution in [2.45, 2.75) is 6.82 Å². The van der Waals surface area contributed by atoms with Gasteiger partial charge in [0, 0.05) is 0 Å². The summed E-state index contributed by atoms with van der Waals surface area (Å²) in [4.78, 5) is 22.2. The largest absolute Gasteiger partial charge is 0.519 e.